The Morgan fingerprint density at radius 3 is 2.55 bits per heavy atom. The molecule has 0 saturated carbocycles. The molecule has 1 unspecified atom stereocenters. The number of aliphatic hydroxyl groups is 1. The second kappa shape index (κ2) is 11.6. The number of aromatic hydroxyl groups is 1. The highest BCUT2D eigenvalue weighted by molar-refractivity contribution is 8.00. The minimum absolute atomic E-state index is 0.0896. The smallest absolute Gasteiger partial charge is 0.296 e. The maximum atomic E-state index is 13.8. The van der Waals surface area contributed by atoms with Gasteiger partial charge in [-0.25, -0.2) is 4.98 Å². The minimum Gasteiger partial charge on any atom is -0.504 e. The molecular formula is C27H23ClN4O5S3. The van der Waals surface area contributed by atoms with Crippen molar-refractivity contribution in [3.8, 4) is 11.5 Å². The predicted molar refractivity (Wildman–Crippen MR) is 156 cm³/mol. The molecule has 206 valence electrons. The van der Waals surface area contributed by atoms with Crippen LogP contribution in [-0.4, -0.2) is 43.7 Å². The highest BCUT2D eigenvalue weighted by Gasteiger charge is 2.47. The van der Waals surface area contributed by atoms with E-state index in [1.165, 1.54) is 45.4 Å². The molecule has 0 bridgehead atoms. The zero-order chi connectivity index (χ0) is 28.6. The number of Topliss-reactive ketones (excluding diaryl/α,β-unsaturated/α-hetero) is 1. The average Bonchev–Trinajstić information content (AvgIpc) is 3.60. The summed E-state index contributed by atoms with van der Waals surface area (Å²) in [5, 5.41) is 31.4. The molecule has 1 aliphatic heterocycles. The lowest BCUT2D eigenvalue weighted by atomic mass is 9.95. The normalized spacial score (nSPS) is 15.2. The number of carbonyl (C=O) groups excluding carboxylic acids is 2. The Labute approximate surface area is 247 Å². The van der Waals surface area contributed by atoms with Crippen molar-refractivity contribution in [2.75, 3.05) is 11.5 Å². The zero-order valence-corrected chi connectivity index (χ0v) is 24.7. The summed E-state index contributed by atoms with van der Waals surface area (Å²) in [7, 11) is 0. The number of halogens is 1. The van der Waals surface area contributed by atoms with Crippen molar-refractivity contribution in [2.45, 2.75) is 36.9 Å². The number of aryl methyl sites for hydroxylation is 2. The molecule has 13 heteroatoms. The molecule has 0 spiro atoms. The molecule has 0 radical (unpaired) electrons. The van der Waals surface area contributed by atoms with Gasteiger partial charge in [0.05, 0.1) is 33.8 Å². The van der Waals surface area contributed by atoms with Crippen LogP contribution >= 0.6 is 46.0 Å². The van der Waals surface area contributed by atoms with E-state index in [0.29, 0.717) is 42.9 Å². The van der Waals surface area contributed by atoms with Crippen molar-refractivity contribution in [3.05, 3.63) is 85.5 Å². The van der Waals surface area contributed by atoms with E-state index in [1.807, 2.05) is 24.3 Å². The number of hydrogen-bond acceptors (Lipinski definition) is 11. The van der Waals surface area contributed by atoms with Crippen LogP contribution < -0.4 is 9.64 Å². The Morgan fingerprint density at radius 2 is 1.88 bits per heavy atom. The monoisotopic (exact) mass is 614 g/mol. The van der Waals surface area contributed by atoms with Gasteiger partial charge >= 0.3 is 0 Å². The summed E-state index contributed by atoms with van der Waals surface area (Å²) >= 11 is 9.78. The molecule has 0 saturated heterocycles. The van der Waals surface area contributed by atoms with Gasteiger partial charge in [-0.1, -0.05) is 52.9 Å². The summed E-state index contributed by atoms with van der Waals surface area (Å²) in [6, 6.07) is 11.0. The zero-order valence-electron chi connectivity index (χ0n) is 21.5. The number of nitrogens with zero attached hydrogens (tertiary/aromatic N) is 4. The van der Waals surface area contributed by atoms with Crippen molar-refractivity contribution < 1.29 is 24.5 Å². The Hall–Kier alpha value is -3.45. The molecule has 4 aromatic rings. The number of carbonyl (C=O) groups is 2. The van der Waals surface area contributed by atoms with E-state index in [4.69, 9.17) is 16.3 Å². The van der Waals surface area contributed by atoms with E-state index in [0.717, 1.165) is 5.56 Å². The fourth-order valence-electron chi connectivity index (χ4n) is 4.27. The molecule has 2 aromatic carbocycles. The molecular weight excluding hydrogens is 592 g/mol. The average molecular weight is 615 g/mol. The van der Waals surface area contributed by atoms with Gasteiger partial charge in [-0.2, -0.15) is 0 Å². The Balaban J connectivity index is 1.54. The first-order valence-electron chi connectivity index (χ1n) is 12.1. The molecule has 0 aliphatic carbocycles. The second-order valence-corrected chi connectivity index (χ2v) is 12.6. The lowest BCUT2D eigenvalue weighted by Gasteiger charge is -2.24. The number of anilines is 1. The third-order valence-electron chi connectivity index (χ3n) is 6.04. The summed E-state index contributed by atoms with van der Waals surface area (Å²) in [6.45, 7) is 5.56. The fraction of sp³-hybridized carbons (Fsp3) is 0.222. The van der Waals surface area contributed by atoms with Crippen LogP contribution in [0.2, 0.25) is 5.02 Å². The molecule has 1 atom stereocenters. The number of hydrogen-bond donors (Lipinski definition) is 2. The van der Waals surface area contributed by atoms with Crippen LogP contribution in [0, 0.1) is 13.8 Å². The Morgan fingerprint density at radius 1 is 1.12 bits per heavy atom. The first kappa shape index (κ1) is 28.1. The van der Waals surface area contributed by atoms with E-state index >= 15 is 0 Å². The van der Waals surface area contributed by atoms with Crippen LogP contribution in [0.1, 0.15) is 44.5 Å². The number of rotatable bonds is 9. The molecule has 0 fully saturated rings. The molecule has 9 nitrogen and oxygen atoms in total. The standard InChI is InChI=1S/C27H23ClN4O5S3/c1-4-37-19-11-16(7-10-18(19)33)21-20(22(34)24-13(2)29-14(3)39-24)23(35)25(36)32(21)26-30-31-27(40-26)38-12-15-5-8-17(28)9-6-15/h5-11,21,33,35H,4,12H2,1-3H3. The molecule has 3 heterocycles. The topological polar surface area (TPSA) is 126 Å². The van der Waals surface area contributed by atoms with Crippen LogP contribution in [0.15, 0.2) is 58.1 Å². The van der Waals surface area contributed by atoms with E-state index < -0.39 is 23.5 Å². The Bertz CT molecular complexity index is 1630. The number of amides is 1. The molecule has 40 heavy (non-hydrogen) atoms. The van der Waals surface area contributed by atoms with Crippen molar-refractivity contribution in [3.63, 3.8) is 0 Å². The lowest BCUT2D eigenvalue weighted by Crippen LogP contribution is -2.31. The first-order valence-corrected chi connectivity index (χ1v) is 15.1. The minimum atomic E-state index is -1.04. The van der Waals surface area contributed by atoms with Gasteiger partial charge in [0.15, 0.2) is 21.6 Å². The van der Waals surface area contributed by atoms with E-state index in [1.54, 1.807) is 32.9 Å². The van der Waals surface area contributed by atoms with Crippen molar-refractivity contribution in [1.29, 1.82) is 0 Å². The van der Waals surface area contributed by atoms with Gasteiger partial charge in [0.1, 0.15) is 0 Å². The number of aromatic nitrogens is 3. The number of thiazole rings is 1. The largest absolute Gasteiger partial charge is 0.504 e. The molecule has 5 rings (SSSR count). The van der Waals surface area contributed by atoms with Gasteiger partial charge in [0.2, 0.25) is 10.9 Å². The van der Waals surface area contributed by atoms with E-state index in [9.17, 15) is 19.8 Å². The number of thioether (sulfide) groups is 1. The van der Waals surface area contributed by atoms with Crippen LogP contribution in [0.25, 0.3) is 0 Å². The highest BCUT2D eigenvalue weighted by Crippen LogP contribution is 2.46. The summed E-state index contributed by atoms with van der Waals surface area (Å²) < 4.78 is 6.16. The van der Waals surface area contributed by atoms with Crippen LogP contribution in [-0.2, 0) is 10.5 Å². The summed E-state index contributed by atoms with van der Waals surface area (Å²) in [5.41, 5.74) is 1.90. The van der Waals surface area contributed by atoms with Gasteiger partial charge in [0, 0.05) is 10.8 Å². The van der Waals surface area contributed by atoms with Crippen molar-refractivity contribution in [2.24, 2.45) is 0 Å². The van der Waals surface area contributed by atoms with E-state index in [2.05, 4.69) is 15.2 Å². The number of aliphatic hydroxyl groups excluding tert-OH is 1. The van der Waals surface area contributed by atoms with Gasteiger partial charge in [-0.15, -0.1) is 21.5 Å². The van der Waals surface area contributed by atoms with Crippen LogP contribution in [0.3, 0.4) is 0 Å². The quantitative estimate of drug-likeness (QED) is 0.124. The van der Waals surface area contributed by atoms with E-state index in [-0.39, 0.29) is 22.2 Å². The van der Waals surface area contributed by atoms with Crippen molar-refractivity contribution in [1.82, 2.24) is 15.2 Å². The molecule has 1 aliphatic rings. The number of benzene rings is 2. The lowest BCUT2D eigenvalue weighted by molar-refractivity contribution is -0.117. The SMILES string of the molecule is CCOc1cc(C2C(C(=O)c3sc(C)nc3C)=C(O)C(=O)N2c2nnc(SCc3ccc(Cl)cc3)s2)ccc1O. The van der Waals surface area contributed by atoms with Gasteiger partial charge in [-0.3, -0.25) is 14.5 Å². The first-order chi connectivity index (χ1) is 19.2. The third-order valence-corrected chi connectivity index (χ3v) is 9.49. The van der Waals surface area contributed by atoms with Gasteiger partial charge in [-0.05, 0) is 56.2 Å². The van der Waals surface area contributed by atoms with Crippen LogP contribution in [0.4, 0.5) is 5.13 Å². The highest BCUT2D eigenvalue weighted by atomic mass is 35.5. The number of phenols is 1. The number of ether oxygens (including phenoxy) is 1. The summed E-state index contributed by atoms with van der Waals surface area (Å²) in [6.07, 6.45) is 0. The fourth-order valence-corrected chi connectivity index (χ4v) is 7.09. The summed E-state index contributed by atoms with van der Waals surface area (Å²) in [4.78, 5) is 33.3. The van der Waals surface area contributed by atoms with Crippen LogP contribution in [0.5, 0.6) is 11.5 Å². The Kier molecular flexibility index (Phi) is 8.13. The summed E-state index contributed by atoms with van der Waals surface area (Å²) in [5.74, 6) is -1.24. The molecule has 2 N–H and O–H groups in total. The number of ketones is 1. The third kappa shape index (κ3) is 5.44. The molecule has 1 amide bonds. The predicted octanol–water partition coefficient (Wildman–Crippen LogP) is 6.44. The molecule has 2 aromatic heterocycles. The number of phenolic OH excluding ortho intramolecular Hbond substituents is 1. The maximum Gasteiger partial charge on any atom is 0.296 e. The van der Waals surface area contributed by atoms with Gasteiger partial charge in [0.25, 0.3) is 5.91 Å². The van der Waals surface area contributed by atoms with Gasteiger partial charge < -0.3 is 14.9 Å². The second-order valence-electron chi connectivity index (χ2n) is 8.74. The maximum absolute atomic E-state index is 13.8. The van der Waals surface area contributed by atoms with Crippen molar-refractivity contribution >= 4 is 62.9 Å².